The normalized spacial score (nSPS) is 19.9. The minimum Gasteiger partial charge on any atom is -0.368 e. The zero-order valence-corrected chi connectivity index (χ0v) is 10.4. The van der Waals surface area contributed by atoms with Crippen LogP contribution in [0, 0.1) is 0 Å². The summed E-state index contributed by atoms with van der Waals surface area (Å²) < 4.78 is 0. The van der Waals surface area contributed by atoms with Crippen LogP contribution in [0.1, 0.15) is 13.3 Å². The van der Waals surface area contributed by atoms with Crippen molar-refractivity contribution in [1.29, 1.82) is 0 Å². The summed E-state index contributed by atoms with van der Waals surface area (Å²) in [7, 11) is 0. The Morgan fingerprint density at radius 3 is 3.00 bits per heavy atom. The van der Waals surface area contributed by atoms with E-state index in [9.17, 15) is 9.59 Å². The lowest BCUT2D eigenvalue weighted by molar-refractivity contribution is -0.132. The highest BCUT2D eigenvalue weighted by atomic mass is 35.5. The van der Waals surface area contributed by atoms with Crippen molar-refractivity contribution in [3.05, 3.63) is 11.2 Å². The third-order valence-electron chi connectivity index (χ3n) is 2.66. The fourth-order valence-electron chi connectivity index (χ4n) is 1.87. The smallest absolute Gasteiger partial charge is 0.249 e. The average molecular weight is 270 g/mol. The lowest BCUT2D eigenvalue weighted by Gasteiger charge is -2.34. The number of hydrogen-bond donors (Lipinski definition) is 2. The number of anilines is 2. The molecule has 3 N–H and O–H groups in total. The van der Waals surface area contributed by atoms with Crippen molar-refractivity contribution in [2.24, 2.45) is 0 Å². The number of imide groups is 1. The van der Waals surface area contributed by atoms with Gasteiger partial charge in [-0.25, -0.2) is 4.98 Å². The van der Waals surface area contributed by atoms with E-state index < -0.39 is 11.9 Å². The Kier molecular flexibility index (Phi) is 3.33. The molecule has 1 atom stereocenters. The highest BCUT2D eigenvalue weighted by Crippen LogP contribution is 2.26. The first-order valence-electron chi connectivity index (χ1n) is 5.41. The maximum absolute atomic E-state index is 11.7. The number of piperazine rings is 1. The van der Waals surface area contributed by atoms with Gasteiger partial charge in [0.25, 0.3) is 0 Å². The topological polar surface area (TPSA) is 101 Å². The van der Waals surface area contributed by atoms with E-state index >= 15 is 0 Å². The van der Waals surface area contributed by atoms with Crippen molar-refractivity contribution in [3.63, 3.8) is 0 Å². The van der Waals surface area contributed by atoms with E-state index in [4.69, 9.17) is 17.3 Å². The molecule has 7 nitrogen and oxygen atoms in total. The number of hydrogen-bond acceptors (Lipinski definition) is 6. The molecule has 0 radical (unpaired) electrons. The summed E-state index contributed by atoms with van der Waals surface area (Å²) in [5, 5.41) is 2.53. The molecule has 0 aliphatic carbocycles. The summed E-state index contributed by atoms with van der Waals surface area (Å²) in [6, 6.07) is -0.491. The Labute approximate surface area is 108 Å². The van der Waals surface area contributed by atoms with Gasteiger partial charge in [0, 0.05) is 0 Å². The molecule has 2 heterocycles. The van der Waals surface area contributed by atoms with E-state index in [1.807, 2.05) is 6.92 Å². The van der Waals surface area contributed by atoms with E-state index in [-0.39, 0.29) is 23.4 Å². The van der Waals surface area contributed by atoms with E-state index in [1.54, 1.807) is 4.90 Å². The summed E-state index contributed by atoms with van der Waals surface area (Å²) in [6.07, 6.45) is 1.88. The van der Waals surface area contributed by atoms with Crippen molar-refractivity contribution >= 4 is 35.2 Å². The largest absolute Gasteiger partial charge is 0.368 e. The Balaban J connectivity index is 2.42. The van der Waals surface area contributed by atoms with E-state index in [2.05, 4.69) is 15.3 Å². The molecule has 2 amide bonds. The van der Waals surface area contributed by atoms with Gasteiger partial charge in [0.1, 0.15) is 11.1 Å². The van der Waals surface area contributed by atoms with Gasteiger partial charge in [-0.15, -0.1) is 0 Å². The molecule has 1 aromatic rings. The molecule has 0 spiro atoms. The van der Waals surface area contributed by atoms with Crippen LogP contribution in [0.3, 0.4) is 0 Å². The zero-order chi connectivity index (χ0) is 13.3. The second kappa shape index (κ2) is 4.77. The highest BCUT2D eigenvalue weighted by molar-refractivity contribution is 6.33. The average Bonchev–Trinajstić information content (AvgIpc) is 2.31. The molecule has 1 saturated heterocycles. The number of halogens is 1. The fourth-order valence-corrected chi connectivity index (χ4v) is 2.07. The van der Waals surface area contributed by atoms with Crippen molar-refractivity contribution in [1.82, 2.24) is 15.3 Å². The van der Waals surface area contributed by atoms with E-state index in [1.165, 1.54) is 6.20 Å². The van der Waals surface area contributed by atoms with Crippen molar-refractivity contribution in [2.75, 3.05) is 17.2 Å². The number of aromatic nitrogens is 2. The molecule has 1 aliphatic rings. The standard InChI is InChI=1S/C10H12ClN5O2/c1-2-6-9(18)14-7(17)4-16(6)8-5(11)3-13-10(12)15-8/h3,6H,2,4H2,1H3,(H2,12,13,15)(H,14,17,18). The number of amides is 2. The zero-order valence-electron chi connectivity index (χ0n) is 9.68. The van der Waals surface area contributed by atoms with Crippen LogP contribution in [0.2, 0.25) is 5.02 Å². The van der Waals surface area contributed by atoms with Crippen molar-refractivity contribution in [2.45, 2.75) is 19.4 Å². The van der Waals surface area contributed by atoms with Crippen LogP contribution >= 0.6 is 11.6 Å². The van der Waals surface area contributed by atoms with Gasteiger partial charge >= 0.3 is 0 Å². The first-order chi connectivity index (χ1) is 8.52. The lowest BCUT2D eigenvalue weighted by atomic mass is 10.1. The minimum absolute atomic E-state index is 0.0143. The molecule has 1 aliphatic heterocycles. The maximum Gasteiger partial charge on any atom is 0.249 e. The molecule has 0 aromatic carbocycles. The Morgan fingerprint density at radius 1 is 1.61 bits per heavy atom. The van der Waals surface area contributed by atoms with Crippen LogP contribution in [0.4, 0.5) is 11.8 Å². The summed E-state index contributed by atoms with van der Waals surface area (Å²) in [4.78, 5) is 32.4. The molecular weight excluding hydrogens is 258 g/mol. The molecular formula is C10H12ClN5O2. The number of nitrogen functional groups attached to an aromatic ring is 1. The molecule has 2 rings (SSSR count). The molecule has 0 bridgehead atoms. The Morgan fingerprint density at radius 2 is 2.33 bits per heavy atom. The molecule has 1 aromatic heterocycles. The van der Waals surface area contributed by atoms with Crippen LogP contribution in [0.5, 0.6) is 0 Å². The predicted molar refractivity (Wildman–Crippen MR) is 66.0 cm³/mol. The van der Waals surface area contributed by atoms with Gasteiger partial charge < -0.3 is 10.6 Å². The Bertz CT molecular complexity index is 507. The van der Waals surface area contributed by atoms with Gasteiger partial charge in [-0.3, -0.25) is 14.9 Å². The molecule has 96 valence electrons. The second-order valence-electron chi connectivity index (χ2n) is 3.86. The van der Waals surface area contributed by atoms with Gasteiger partial charge in [-0.05, 0) is 6.42 Å². The first-order valence-corrected chi connectivity index (χ1v) is 5.79. The van der Waals surface area contributed by atoms with Crippen molar-refractivity contribution < 1.29 is 9.59 Å². The van der Waals surface area contributed by atoms with Crippen LogP contribution in [-0.2, 0) is 9.59 Å². The van der Waals surface area contributed by atoms with Crippen LogP contribution in [0.25, 0.3) is 0 Å². The SMILES string of the molecule is CCC1C(=O)NC(=O)CN1c1nc(N)ncc1Cl. The Hall–Kier alpha value is -1.89. The minimum atomic E-state index is -0.491. The van der Waals surface area contributed by atoms with Gasteiger partial charge in [0.15, 0.2) is 5.82 Å². The molecule has 1 fully saturated rings. The monoisotopic (exact) mass is 269 g/mol. The number of rotatable bonds is 2. The molecule has 18 heavy (non-hydrogen) atoms. The number of nitrogens with one attached hydrogen (secondary N) is 1. The number of nitrogens with zero attached hydrogens (tertiary/aromatic N) is 3. The van der Waals surface area contributed by atoms with E-state index in [0.717, 1.165) is 0 Å². The van der Waals surface area contributed by atoms with Gasteiger partial charge in [0.2, 0.25) is 17.8 Å². The third kappa shape index (κ3) is 2.21. The molecule has 8 heteroatoms. The fraction of sp³-hybridized carbons (Fsp3) is 0.400. The number of carbonyl (C=O) groups is 2. The highest BCUT2D eigenvalue weighted by Gasteiger charge is 2.34. The predicted octanol–water partition coefficient (Wildman–Crippen LogP) is -0.0464. The molecule has 0 saturated carbocycles. The third-order valence-corrected chi connectivity index (χ3v) is 2.93. The van der Waals surface area contributed by atoms with Gasteiger partial charge in [0.05, 0.1) is 12.7 Å². The van der Waals surface area contributed by atoms with Gasteiger partial charge in [-0.2, -0.15) is 4.98 Å². The quantitative estimate of drug-likeness (QED) is 0.730. The van der Waals surface area contributed by atoms with Crippen LogP contribution < -0.4 is 16.0 Å². The summed E-state index contributed by atoms with van der Waals surface area (Å²) in [5.41, 5.74) is 5.50. The van der Waals surface area contributed by atoms with E-state index in [0.29, 0.717) is 12.2 Å². The second-order valence-corrected chi connectivity index (χ2v) is 4.27. The van der Waals surface area contributed by atoms with Crippen LogP contribution in [-0.4, -0.2) is 34.4 Å². The number of carbonyl (C=O) groups excluding carboxylic acids is 2. The van der Waals surface area contributed by atoms with Gasteiger partial charge in [-0.1, -0.05) is 18.5 Å². The molecule has 1 unspecified atom stereocenters. The summed E-state index contributed by atoms with van der Waals surface area (Å²) >= 11 is 5.98. The summed E-state index contributed by atoms with van der Waals surface area (Å²) in [5.74, 6) is -0.401. The van der Waals surface area contributed by atoms with Crippen molar-refractivity contribution in [3.8, 4) is 0 Å². The first kappa shape index (κ1) is 12.6. The lowest BCUT2D eigenvalue weighted by Crippen LogP contribution is -2.58. The summed E-state index contributed by atoms with van der Waals surface area (Å²) in [6.45, 7) is 1.85. The van der Waals surface area contributed by atoms with Crippen LogP contribution in [0.15, 0.2) is 6.20 Å². The number of nitrogens with two attached hydrogens (primary N) is 1. The maximum atomic E-state index is 11.7.